The van der Waals surface area contributed by atoms with Crippen LogP contribution < -0.4 is 4.74 Å². The minimum atomic E-state index is -2.86. The third kappa shape index (κ3) is 2.33. The van der Waals surface area contributed by atoms with E-state index >= 15 is 0 Å². The Labute approximate surface area is 85.1 Å². The summed E-state index contributed by atoms with van der Waals surface area (Å²) in [6.45, 7) is 0. The monoisotopic (exact) mass is 222 g/mol. The second kappa shape index (κ2) is 4.57. The molecule has 0 saturated heterocycles. The van der Waals surface area contributed by atoms with Crippen LogP contribution in [0.1, 0.15) is 11.7 Å². The highest BCUT2D eigenvalue weighted by molar-refractivity contribution is 6.30. The number of alkyl halides is 2. The highest BCUT2D eigenvalue weighted by Gasteiger charge is 2.22. The van der Waals surface area contributed by atoms with Gasteiger partial charge in [-0.05, 0) is 18.2 Å². The van der Waals surface area contributed by atoms with Gasteiger partial charge < -0.3 is 9.84 Å². The molecule has 5 heteroatoms. The second-order valence-electron chi connectivity index (χ2n) is 2.67. The number of halogens is 3. The van der Waals surface area contributed by atoms with Crippen LogP contribution in [0.25, 0.3) is 0 Å². The molecule has 1 atom stereocenters. The molecule has 0 aromatic heterocycles. The van der Waals surface area contributed by atoms with E-state index < -0.39 is 12.5 Å². The lowest BCUT2D eigenvalue weighted by Gasteiger charge is -2.13. The van der Waals surface area contributed by atoms with Gasteiger partial charge in [-0.15, -0.1) is 0 Å². The molecule has 2 nitrogen and oxygen atoms in total. The lowest BCUT2D eigenvalue weighted by atomic mass is 10.1. The highest BCUT2D eigenvalue weighted by Crippen LogP contribution is 2.31. The van der Waals surface area contributed by atoms with Gasteiger partial charge in [-0.25, -0.2) is 8.78 Å². The van der Waals surface area contributed by atoms with Crippen molar-refractivity contribution in [3.05, 3.63) is 28.8 Å². The van der Waals surface area contributed by atoms with E-state index in [1.165, 1.54) is 25.3 Å². The van der Waals surface area contributed by atoms with E-state index in [9.17, 15) is 8.78 Å². The van der Waals surface area contributed by atoms with Gasteiger partial charge in [0, 0.05) is 10.6 Å². The summed E-state index contributed by atoms with van der Waals surface area (Å²) in [5.41, 5.74) is -0.00463. The Balaban J connectivity index is 3.10. The van der Waals surface area contributed by atoms with Crippen LogP contribution in [-0.2, 0) is 0 Å². The van der Waals surface area contributed by atoms with E-state index in [1.807, 2.05) is 0 Å². The van der Waals surface area contributed by atoms with Crippen molar-refractivity contribution in [2.45, 2.75) is 12.5 Å². The summed E-state index contributed by atoms with van der Waals surface area (Å²) in [5, 5.41) is 9.42. The molecular formula is C9H9ClF2O2. The molecule has 0 amide bonds. The van der Waals surface area contributed by atoms with Crippen molar-refractivity contribution in [3.63, 3.8) is 0 Å². The van der Waals surface area contributed by atoms with E-state index in [-0.39, 0.29) is 16.3 Å². The van der Waals surface area contributed by atoms with Gasteiger partial charge in [0.15, 0.2) is 0 Å². The molecule has 0 aliphatic rings. The minimum Gasteiger partial charge on any atom is -0.496 e. The minimum absolute atomic E-state index is 0.00463. The molecule has 78 valence electrons. The number of benzene rings is 1. The molecule has 0 saturated carbocycles. The quantitative estimate of drug-likeness (QED) is 0.852. The van der Waals surface area contributed by atoms with Crippen LogP contribution in [0.4, 0.5) is 8.78 Å². The maximum atomic E-state index is 12.2. The fraction of sp³-hybridized carbons (Fsp3) is 0.333. The van der Waals surface area contributed by atoms with Gasteiger partial charge in [0.1, 0.15) is 11.9 Å². The average molecular weight is 223 g/mol. The Morgan fingerprint density at radius 2 is 2.07 bits per heavy atom. The first-order valence-corrected chi connectivity index (χ1v) is 4.23. The summed E-state index contributed by atoms with van der Waals surface area (Å²) in [4.78, 5) is 0. The van der Waals surface area contributed by atoms with Gasteiger partial charge in [0.2, 0.25) is 0 Å². The first kappa shape index (κ1) is 11.2. The molecular weight excluding hydrogens is 214 g/mol. The van der Waals surface area contributed by atoms with Gasteiger partial charge in [-0.3, -0.25) is 0 Å². The van der Waals surface area contributed by atoms with Crippen molar-refractivity contribution in [2.24, 2.45) is 0 Å². The normalized spacial score (nSPS) is 13.0. The Kier molecular flexibility index (Phi) is 3.66. The first-order valence-electron chi connectivity index (χ1n) is 3.86. The number of rotatable bonds is 3. The predicted octanol–water partition coefficient (Wildman–Crippen LogP) is 2.65. The molecule has 0 fully saturated rings. The number of aliphatic hydroxyl groups is 1. The van der Waals surface area contributed by atoms with E-state index in [0.29, 0.717) is 0 Å². The molecule has 1 aromatic carbocycles. The van der Waals surface area contributed by atoms with E-state index in [1.54, 1.807) is 0 Å². The van der Waals surface area contributed by atoms with Crippen LogP contribution in [0, 0.1) is 0 Å². The van der Waals surface area contributed by atoms with Crippen molar-refractivity contribution in [1.82, 2.24) is 0 Å². The predicted molar refractivity (Wildman–Crippen MR) is 49.0 cm³/mol. The van der Waals surface area contributed by atoms with Gasteiger partial charge in [-0.1, -0.05) is 11.6 Å². The zero-order valence-electron chi connectivity index (χ0n) is 7.38. The number of aliphatic hydroxyl groups excluding tert-OH is 1. The van der Waals surface area contributed by atoms with Gasteiger partial charge >= 0.3 is 0 Å². The third-order valence-corrected chi connectivity index (χ3v) is 1.98. The van der Waals surface area contributed by atoms with Crippen molar-refractivity contribution < 1.29 is 18.6 Å². The SMILES string of the molecule is COc1ccc(Cl)cc1C(O)C(F)F. The average Bonchev–Trinajstić information content (AvgIpc) is 2.16. The summed E-state index contributed by atoms with van der Waals surface area (Å²) in [5.74, 6) is 0.196. The Morgan fingerprint density at radius 1 is 1.43 bits per heavy atom. The summed E-state index contributed by atoms with van der Waals surface area (Å²) in [6, 6.07) is 4.20. The Bertz CT molecular complexity index is 318. The summed E-state index contributed by atoms with van der Waals surface area (Å²) in [6.07, 6.45) is -4.73. The summed E-state index contributed by atoms with van der Waals surface area (Å²) in [7, 11) is 1.34. The third-order valence-electron chi connectivity index (χ3n) is 1.75. The Hall–Kier alpha value is -0.870. The molecule has 1 N–H and O–H groups in total. The van der Waals surface area contributed by atoms with Crippen LogP contribution in [0.15, 0.2) is 18.2 Å². The van der Waals surface area contributed by atoms with Crippen molar-refractivity contribution in [2.75, 3.05) is 7.11 Å². The zero-order valence-corrected chi connectivity index (χ0v) is 8.13. The standard InChI is InChI=1S/C9H9ClF2O2/c1-14-7-3-2-5(10)4-6(7)8(13)9(11)12/h2-4,8-9,13H,1H3. The molecule has 0 aliphatic heterocycles. The largest absolute Gasteiger partial charge is 0.496 e. The summed E-state index contributed by atoms with van der Waals surface area (Å²) >= 11 is 5.61. The highest BCUT2D eigenvalue weighted by atomic mass is 35.5. The van der Waals surface area contributed by atoms with E-state index in [2.05, 4.69) is 0 Å². The zero-order chi connectivity index (χ0) is 10.7. The maximum Gasteiger partial charge on any atom is 0.268 e. The molecule has 14 heavy (non-hydrogen) atoms. The fourth-order valence-electron chi connectivity index (χ4n) is 1.07. The molecule has 0 aliphatic carbocycles. The van der Waals surface area contributed by atoms with Crippen LogP contribution >= 0.6 is 11.6 Å². The number of methoxy groups -OCH3 is 1. The molecule has 0 heterocycles. The van der Waals surface area contributed by atoms with E-state index in [4.69, 9.17) is 21.4 Å². The summed E-state index contributed by atoms with van der Waals surface area (Å²) < 4.78 is 29.2. The van der Waals surface area contributed by atoms with E-state index in [0.717, 1.165) is 0 Å². The Morgan fingerprint density at radius 3 is 2.57 bits per heavy atom. The molecule has 0 radical (unpaired) electrons. The van der Waals surface area contributed by atoms with Gasteiger partial charge in [-0.2, -0.15) is 0 Å². The first-order chi connectivity index (χ1) is 6.56. The lowest BCUT2D eigenvalue weighted by molar-refractivity contribution is -0.00697. The second-order valence-corrected chi connectivity index (χ2v) is 3.10. The van der Waals surface area contributed by atoms with Crippen LogP contribution in [-0.4, -0.2) is 18.6 Å². The van der Waals surface area contributed by atoms with Gasteiger partial charge in [0.25, 0.3) is 6.43 Å². The lowest BCUT2D eigenvalue weighted by Crippen LogP contribution is -2.09. The van der Waals surface area contributed by atoms with Crippen LogP contribution in [0.2, 0.25) is 5.02 Å². The number of hydrogen-bond acceptors (Lipinski definition) is 2. The molecule has 0 spiro atoms. The van der Waals surface area contributed by atoms with Crippen molar-refractivity contribution in [3.8, 4) is 5.75 Å². The van der Waals surface area contributed by atoms with Crippen LogP contribution in [0.5, 0.6) is 5.75 Å². The van der Waals surface area contributed by atoms with Crippen LogP contribution in [0.3, 0.4) is 0 Å². The molecule has 1 aromatic rings. The topological polar surface area (TPSA) is 29.5 Å². The maximum absolute atomic E-state index is 12.2. The van der Waals surface area contributed by atoms with Crippen molar-refractivity contribution in [1.29, 1.82) is 0 Å². The smallest absolute Gasteiger partial charge is 0.268 e. The number of ether oxygens (including phenoxy) is 1. The molecule has 1 rings (SSSR count). The van der Waals surface area contributed by atoms with Crippen molar-refractivity contribution >= 4 is 11.6 Å². The van der Waals surface area contributed by atoms with Gasteiger partial charge in [0.05, 0.1) is 7.11 Å². The fourth-order valence-corrected chi connectivity index (χ4v) is 1.25. The molecule has 0 bridgehead atoms. The molecule has 1 unspecified atom stereocenters. The number of hydrogen-bond donors (Lipinski definition) is 1.